The maximum absolute atomic E-state index is 12.0. The fourth-order valence-electron chi connectivity index (χ4n) is 1.59. The van der Waals surface area contributed by atoms with E-state index in [-0.39, 0.29) is 10.8 Å². The Kier molecular flexibility index (Phi) is 5.54. The lowest BCUT2D eigenvalue weighted by Crippen LogP contribution is -2.41. The maximum atomic E-state index is 12.0. The van der Waals surface area contributed by atoms with E-state index in [1.807, 2.05) is 0 Å². The third kappa shape index (κ3) is 4.76. The molecule has 0 fully saturated rings. The van der Waals surface area contributed by atoms with Gasteiger partial charge >= 0.3 is 0 Å². The lowest BCUT2D eigenvalue weighted by Gasteiger charge is -2.36. The largest absolute Gasteiger partial charge is 0.417 e. The van der Waals surface area contributed by atoms with Crippen LogP contribution in [0.3, 0.4) is 0 Å². The van der Waals surface area contributed by atoms with E-state index >= 15 is 0 Å². The first-order valence-electron chi connectivity index (χ1n) is 7.16. The number of nitrogen functional groups attached to an aromatic ring is 1. The fourth-order valence-corrected chi connectivity index (χ4v) is 2.68. The highest BCUT2D eigenvalue weighted by Gasteiger charge is 2.36. The summed E-state index contributed by atoms with van der Waals surface area (Å²) in [7, 11) is -1.69. The first-order valence-corrected chi connectivity index (χ1v) is 10.1. The summed E-state index contributed by atoms with van der Waals surface area (Å²) >= 11 is 0. The molecule has 0 heterocycles. The van der Waals surface area contributed by atoms with E-state index in [1.54, 1.807) is 24.3 Å². The highest BCUT2D eigenvalue weighted by Crippen LogP contribution is 2.36. The molecular weight excluding hydrogens is 266 g/mol. The number of anilines is 1. The van der Waals surface area contributed by atoms with E-state index in [9.17, 15) is 4.79 Å². The van der Waals surface area contributed by atoms with Gasteiger partial charge in [0.25, 0.3) is 0 Å². The summed E-state index contributed by atoms with van der Waals surface area (Å²) in [4.78, 5) is 12.0. The van der Waals surface area contributed by atoms with Gasteiger partial charge in [-0.05, 0) is 48.8 Å². The van der Waals surface area contributed by atoms with Crippen molar-refractivity contribution in [3.05, 3.63) is 29.8 Å². The molecule has 3 nitrogen and oxygen atoms in total. The van der Waals surface area contributed by atoms with Crippen molar-refractivity contribution in [1.29, 1.82) is 0 Å². The monoisotopic (exact) mass is 293 g/mol. The SMILES string of the molecule is CC(C)(C)[Si](C)(C)OCCCC(=O)c1ccc(N)cc1. The number of rotatable bonds is 6. The van der Waals surface area contributed by atoms with Gasteiger partial charge in [0.15, 0.2) is 14.1 Å². The van der Waals surface area contributed by atoms with E-state index in [0.29, 0.717) is 18.7 Å². The van der Waals surface area contributed by atoms with Gasteiger partial charge in [0.1, 0.15) is 0 Å². The molecule has 0 unspecified atom stereocenters. The number of hydrogen-bond donors (Lipinski definition) is 1. The zero-order valence-electron chi connectivity index (χ0n) is 13.3. The maximum Gasteiger partial charge on any atom is 0.191 e. The standard InChI is InChI=1S/C16H27NO2Si/c1-16(2,3)20(4,5)19-12-6-7-15(18)13-8-10-14(17)11-9-13/h8-11H,6-7,12,17H2,1-5H3. The first kappa shape index (κ1) is 16.9. The van der Waals surface area contributed by atoms with Crippen LogP contribution in [0.5, 0.6) is 0 Å². The van der Waals surface area contributed by atoms with Crippen LogP contribution in [0.2, 0.25) is 18.1 Å². The van der Waals surface area contributed by atoms with E-state index in [0.717, 1.165) is 12.0 Å². The fraction of sp³-hybridized carbons (Fsp3) is 0.562. The third-order valence-corrected chi connectivity index (χ3v) is 8.59. The van der Waals surface area contributed by atoms with Gasteiger partial charge in [0.2, 0.25) is 0 Å². The number of carbonyl (C=O) groups excluding carboxylic acids is 1. The average molecular weight is 293 g/mol. The molecule has 4 heteroatoms. The minimum absolute atomic E-state index is 0.156. The highest BCUT2D eigenvalue weighted by atomic mass is 28.4. The summed E-state index contributed by atoms with van der Waals surface area (Å²) in [6, 6.07) is 7.09. The molecule has 0 aliphatic heterocycles. The van der Waals surface area contributed by atoms with Crippen molar-refractivity contribution >= 4 is 19.8 Å². The minimum atomic E-state index is -1.69. The van der Waals surface area contributed by atoms with Crippen LogP contribution in [0, 0.1) is 0 Å². The molecule has 0 atom stereocenters. The molecule has 1 aromatic carbocycles. The van der Waals surface area contributed by atoms with E-state index in [2.05, 4.69) is 33.9 Å². The normalized spacial score (nSPS) is 12.4. The van der Waals surface area contributed by atoms with Crippen LogP contribution >= 0.6 is 0 Å². The Morgan fingerprint density at radius 3 is 2.25 bits per heavy atom. The molecule has 0 aromatic heterocycles. The average Bonchev–Trinajstić information content (AvgIpc) is 2.34. The van der Waals surface area contributed by atoms with Gasteiger partial charge < -0.3 is 10.2 Å². The van der Waals surface area contributed by atoms with Gasteiger partial charge in [0, 0.05) is 24.3 Å². The Morgan fingerprint density at radius 1 is 1.20 bits per heavy atom. The Bertz CT molecular complexity index is 447. The predicted molar refractivity (Wildman–Crippen MR) is 87.6 cm³/mol. The molecule has 0 spiro atoms. The second-order valence-electron chi connectivity index (χ2n) is 6.76. The van der Waals surface area contributed by atoms with Crippen LogP contribution in [0.1, 0.15) is 44.0 Å². The van der Waals surface area contributed by atoms with Gasteiger partial charge in [-0.1, -0.05) is 20.8 Å². The van der Waals surface area contributed by atoms with Gasteiger partial charge in [-0.2, -0.15) is 0 Å². The van der Waals surface area contributed by atoms with Gasteiger partial charge in [-0.3, -0.25) is 4.79 Å². The van der Waals surface area contributed by atoms with Crippen LogP contribution in [-0.4, -0.2) is 20.7 Å². The van der Waals surface area contributed by atoms with E-state index < -0.39 is 8.32 Å². The molecule has 112 valence electrons. The topological polar surface area (TPSA) is 52.3 Å². The van der Waals surface area contributed by atoms with E-state index in [4.69, 9.17) is 10.2 Å². The summed E-state index contributed by atoms with van der Waals surface area (Å²) in [5, 5.41) is 0.216. The molecule has 0 radical (unpaired) electrons. The number of hydrogen-bond acceptors (Lipinski definition) is 3. The Morgan fingerprint density at radius 2 is 1.75 bits per heavy atom. The molecule has 2 N–H and O–H groups in total. The summed E-state index contributed by atoms with van der Waals surface area (Å²) in [6.07, 6.45) is 1.30. The molecule has 0 amide bonds. The smallest absolute Gasteiger partial charge is 0.191 e. The molecule has 0 aliphatic rings. The van der Waals surface area contributed by atoms with Crippen molar-refractivity contribution in [3.8, 4) is 0 Å². The summed E-state index contributed by atoms with van der Waals surface area (Å²) < 4.78 is 6.07. The van der Waals surface area contributed by atoms with Crippen molar-refractivity contribution in [2.75, 3.05) is 12.3 Å². The Labute approximate surface area is 123 Å². The van der Waals surface area contributed by atoms with Gasteiger partial charge in [-0.15, -0.1) is 0 Å². The van der Waals surface area contributed by atoms with Crippen LogP contribution in [-0.2, 0) is 4.43 Å². The molecule has 1 rings (SSSR count). The second kappa shape index (κ2) is 6.55. The van der Waals surface area contributed by atoms with Crippen molar-refractivity contribution in [2.45, 2.75) is 51.7 Å². The van der Waals surface area contributed by atoms with Crippen LogP contribution in [0.15, 0.2) is 24.3 Å². The Balaban J connectivity index is 2.38. The van der Waals surface area contributed by atoms with Crippen LogP contribution in [0.4, 0.5) is 5.69 Å². The second-order valence-corrected chi connectivity index (χ2v) is 11.6. The van der Waals surface area contributed by atoms with Crippen molar-refractivity contribution in [3.63, 3.8) is 0 Å². The molecular formula is C16H27NO2Si. The molecule has 0 saturated carbocycles. The van der Waals surface area contributed by atoms with Crippen molar-refractivity contribution in [2.24, 2.45) is 0 Å². The molecule has 20 heavy (non-hydrogen) atoms. The zero-order chi connectivity index (χ0) is 15.4. The molecule has 0 saturated heterocycles. The van der Waals surface area contributed by atoms with Crippen molar-refractivity contribution < 1.29 is 9.22 Å². The van der Waals surface area contributed by atoms with E-state index in [1.165, 1.54) is 0 Å². The minimum Gasteiger partial charge on any atom is -0.417 e. The van der Waals surface area contributed by atoms with Crippen LogP contribution < -0.4 is 5.73 Å². The quantitative estimate of drug-likeness (QED) is 0.369. The molecule has 1 aromatic rings. The van der Waals surface area contributed by atoms with Crippen molar-refractivity contribution in [1.82, 2.24) is 0 Å². The van der Waals surface area contributed by atoms with Gasteiger partial charge in [0.05, 0.1) is 0 Å². The summed E-state index contributed by atoms with van der Waals surface area (Å²) in [5.74, 6) is 0.156. The predicted octanol–water partition coefficient (Wildman–Crippen LogP) is 4.25. The number of Topliss-reactive ketones (excluding diaryl/α,β-unsaturated/α-hetero) is 1. The third-order valence-electron chi connectivity index (χ3n) is 4.05. The number of carbonyl (C=O) groups is 1. The van der Waals surface area contributed by atoms with Crippen LogP contribution in [0.25, 0.3) is 0 Å². The first-order chi connectivity index (χ1) is 9.13. The molecule has 0 aliphatic carbocycles. The summed E-state index contributed by atoms with van der Waals surface area (Å²) in [5.41, 5.74) is 7.02. The number of nitrogens with two attached hydrogens (primary N) is 1. The molecule has 0 bridgehead atoms. The summed E-state index contributed by atoms with van der Waals surface area (Å²) in [6.45, 7) is 11.8. The Hall–Kier alpha value is -1.13. The van der Waals surface area contributed by atoms with Gasteiger partial charge in [-0.25, -0.2) is 0 Å². The lowest BCUT2D eigenvalue weighted by molar-refractivity contribution is 0.0972. The number of benzene rings is 1. The highest BCUT2D eigenvalue weighted by molar-refractivity contribution is 6.74. The number of ketones is 1. The lowest BCUT2D eigenvalue weighted by atomic mass is 10.1. The zero-order valence-corrected chi connectivity index (χ0v) is 14.3.